The molecule has 4 heterocycles. The average Bonchev–Trinajstić information content (AvgIpc) is 3.29. The van der Waals surface area contributed by atoms with Crippen LogP contribution < -0.4 is 9.80 Å². The first kappa shape index (κ1) is 16.6. The second-order valence-electron chi connectivity index (χ2n) is 6.21. The van der Waals surface area contributed by atoms with Crippen molar-refractivity contribution in [1.82, 2.24) is 25.1 Å². The van der Waals surface area contributed by atoms with Crippen molar-refractivity contribution in [2.45, 2.75) is 18.6 Å². The molecule has 1 aliphatic rings. The van der Waals surface area contributed by atoms with Crippen LogP contribution in [0.2, 0.25) is 0 Å². The summed E-state index contributed by atoms with van der Waals surface area (Å²) in [5.41, 5.74) is -0.209. The second-order valence-corrected chi connectivity index (χ2v) is 6.21. The van der Waals surface area contributed by atoms with Crippen molar-refractivity contribution in [2.24, 2.45) is 0 Å². The monoisotopic (exact) mass is 363 g/mol. The van der Waals surface area contributed by atoms with Crippen molar-refractivity contribution < 1.29 is 13.2 Å². The Morgan fingerprint density at radius 1 is 1.19 bits per heavy atom. The third-order valence-corrected chi connectivity index (χ3v) is 4.65. The van der Waals surface area contributed by atoms with E-state index in [0.717, 1.165) is 35.9 Å². The van der Waals surface area contributed by atoms with Gasteiger partial charge >= 0.3 is 6.18 Å². The maximum Gasteiger partial charge on any atom is 0.435 e. The van der Waals surface area contributed by atoms with Crippen molar-refractivity contribution in [2.75, 3.05) is 29.9 Å². The molecule has 136 valence electrons. The van der Waals surface area contributed by atoms with Gasteiger partial charge in [-0.3, -0.25) is 0 Å². The molecule has 0 saturated carbocycles. The minimum Gasteiger partial charge on any atom is -0.354 e. The fourth-order valence-electron chi connectivity index (χ4n) is 3.21. The van der Waals surface area contributed by atoms with Crippen molar-refractivity contribution in [3.8, 4) is 0 Å². The fourth-order valence-corrected chi connectivity index (χ4v) is 3.21. The number of H-pyrrole nitrogens is 1. The predicted molar refractivity (Wildman–Crippen MR) is 89.9 cm³/mol. The van der Waals surface area contributed by atoms with Crippen LogP contribution in [0.3, 0.4) is 0 Å². The zero-order valence-electron chi connectivity index (χ0n) is 13.9. The molecule has 7 nitrogen and oxygen atoms in total. The summed E-state index contributed by atoms with van der Waals surface area (Å²) in [5.74, 6) is 1.27. The van der Waals surface area contributed by atoms with Gasteiger partial charge in [-0.2, -0.15) is 13.2 Å². The van der Waals surface area contributed by atoms with Crippen LogP contribution in [-0.4, -0.2) is 51.3 Å². The lowest BCUT2D eigenvalue weighted by Crippen LogP contribution is -2.35. The predicted octanol–water partition coefficient (Wildman–Crippen LogP) is 2.48. The summed E-state index contributed by atoms with van der Waals surface area (Å²) in [6.07, 6.45) is -0.300. The lowest BCUT2D eigenvalue weighted by Gasteiger charge is -2.26. The second kappa shape index (κ2) is 6.11. The normalized spacial score (nSPS) is 17.8. The van der Waals surface area contributed by atoms with Gasteiger partial charge in [0.05, 0.1) is 5.39 Å². The molecule has 1 fully saturated rings. The highest BCUT2D eigenvalue weighted by atomic mass is 19.4. The van der Waals surface area contributed by atoms with Crippen LogP contribution >= 0.6 is 0 Å². The van der Waals surface area contributed by atoms with Gasteiger partial charge in [-0.1, -0.05) is 0 Å². The summed E-state index contributed by atoms with van der Waals surface area (Å²) in [4.78, 5) is 15.7. The number of nitrogens with zero attached hydrogens (tertiary/aromatic N) is 6. The number of aromatic amines is 1. The number of nitrogens with one attached hydrogen (secondary N) is 1. The topological polar surface area (TPSA) is 73.8 Å². The SMILES string of the molecule is CN(c1ccc(C(F)(F)F)nn1)[C@@H]1CCN(c2ncnc3[nH]ccc23)C1. The molecular weight excluding hydrogens is 347 g/mol. The minimum absolute atomic E-state index is 0.102. The fraction of sp³-hybridized carbons (Fsp3) is 0.375. The number of alkyl halides is 3. The third-order valence-electron chi connectivity index (χ3n) is 4.65. The smallest absolute Gasteiger partial charge is 0.354 e. The zero-order valence-corrected chi connectivity index (χ0v) is 13.9. The third kappa shape index (κ3) is 2.91. The molecule has 3 aromatic rings. The van der Waals surface area contributed by atoms with E-state index in [-0.39, 0.29) is 6.04 Å². The summed E-state index contributed by atoms with van der Waals surface area (Å²) in [5, 5.41) is 7.98. The standard InChI is InChI=1S/C16H16F3N7/c1-25(13-3-2-12(23-24-13)16(17,18)19)10-5-7-26(8-10)15-11-4-6-20-14(11)21-9-22-15/h2-4,6,9-10H,5,7-8H2,1H3,(H,20,21,22)/t10-/m1/s1. The van der Waals surface area contributed by atoms with Gasteiger partial charge in [-0.05, 0) is 24.6 Å². The number of likely N-dealkylation sites (N-methyl/N-ethyl adjacent to an activating group) is 1. The minimum atomic E-state index is -4.48. The van der Waals surface area contributed by atoms with E-state index in [1.54, 1.807) is 0 Å². The van der Waals surface area contributed by atoms with Gasteiger partial charge in [-0.15, -0.1) is 10.2 Å². The Kier molecular flexibility index (Phi) is 3.89. The lowest BCUT2D eigenvalue weighted by atomic mass is 10.2. The molecule has 3 aromatic heterocycles. The van der Waals surface area contributed by atoms with E-state index in [4.69, 9.17) is 0 Å². The van der Waals surface area contributed by atoms with Gasteiger partial charge in [0.25, 0.3) is 0 Å². The highest BCUT2D eigenvalue weighted by Gasteiger charge is 2.34. The number of hydrogen-bond donors (Lipinski definition) is 1. The van der Waals surface area contributed by atoms with Crippen LogP contribution in [0.25, 0.3) is 11.0 Å². The molecule has 4 rings (SSSR count). The van der Waals surface area contributed by atoms with E-state index in [1.807, 2.05) is 24.2 Å². The summed E-state index contributed by atoms with van der Waals surface area (Å²) >= 11 is 0. The van der Waals surface area contributed by atoms with E-state index in [0.29, 0.717) is 12.4 Å². The Hall–Kier alpha value is -2.91. The molecule has 1 aliphatic heterocycles. The van der Waals surface area contributed by atoms with Crippen molar-refractivity contribution in [1.29, 1.82) is 0 Å². The molecule has 0 bridgehead atoms. The molecule has 10 heteroatoms. The quantitative estimate of drug-likeness (QED) is 0.771. The molecule has 26 heavy (non-hydrogen) atoms. The number of fused-ring (bicyclic) bond motifs is 1. The van der Waals surface area contributed by atoms with Gasteiger partial charge in [0.15, 0.2) is 11.5 Å². The first-order valence-corrected chi connectivity index (χ1v) is 8.10. The number of rotatable bonds is 3. The van der Waals surface area contributed by atoms with Gasteiger partial charge in [0.2, 0.25) is 0 Å². The molecule has 0 unspecified atom stereocenters. The van der Waals surface area contributed by atoms with Crippen molar-refractivity contribution >= 4 is 22.7 Å². The molecule has 0 amide bonds. The van der Waals surface area contributed by atoms with E-state index in [1.165, 1.54) is 12.4 Å². The first-order valence-electron chi connectivity index (χ1n) is 8.10. The van der Waals surface area contributed by atoms with Gasteiger partial charge in [-0.25, -0.2) is 9.97 Å². The molecule has 0 aromatic carbocycles. The van der Waals surface area contributed by atoms with E-state index < -0.39 is 11.9 Å². The molecule has 0 radical (unpaired) electrons. The highest BCUT2D eigenvalue weighted by molar-refractivity contribution is 5.87. The Morgan fingerprint density at radius 3 is 2.77 bits per heavy atom. The number of anilines is 2. The Balaban J connectivity index is 1.50. The Labute approximate surface area is 146 Å². The molecule has 1 N–H and O–H groups in total. The maximum absolute atomic E-state index is 12.6. The van der Waals surface area contributed by atoms with Crippen LogP contribution in [0.5, 0.6) is 0 Å². The molecule has 1 saturated heterocycles. The zero-order chi connectivity index (χ0) is 18.3. The van der Waals surface area contributed by atoms with Crippen LogP contribution in [0.4, 0.5) is 24.8 Å². The first-order chi connectivity index (χ1) is 12.4. The van der Waals surface area contributed by atoms with E-state index >= 15 is 0 Å². The lowest BCUT2D eigenvalue weighted by molar-refractivity contribution is -0.141. The molecular formula is C16H16F3N7. The largest absolute Gasteiger partial charge is 0.435 e. The highest BCUT2D eigenvalue weighted by Crippen LogP contribution is 2.30. The summed E-state index contributed by atoms with van der Waals surface area (Å²) < 4.78 is 37.9. The maximum atomic E-state index is 12.6. The molecule has 1 atom stereocenters. The molecule has 0 aliphatic carbocycles. The van der Waals surface area contributed by atoms with Gasteiger partial charge in [0, 0.05) is 32.4 Å². The van der Waals surface area contributed by atoms with Crippen LogP contribution in [0.1, 0.15) is 12.1 Å². The summed E-state index contributed by atoms with van der Waals surface area (Å²) in [7, 11) is 1.82. The van der Waals surface area contributed by atoms with Crippen LogP contribution in [-0.2, 0) is 6.18 Å². The van der Waals surface area contributed by atoms with E-state index in [2.05, 4.69) is 30.0 Å². The summed E-state index contributed by atoms with van der Waals surface area (Å²) in [6.45, 7) is 1.48. The number of halogens is 3. The Morgan fingerprint density at radius 2 is 2.04 bits per heavy atom. The van der Waals surface area contributed by atoms with Crippen molar-refractivity contribution in [3.63, 3.8) is 0 Å². The van der Waals surface area contributed by atoms with Crippen molar-refractivity contribution in [3.05, 3.63) is 36.4 Å². The van der Waals surface area contributed by atoms with Gasteiger partial charge in [0.1, 0.15) is 17.8 Å². The summed E-state index contributed by atoms with van der Waals surface area (Å²) in [6, 6.07) is 4.35. The van der Waals surface area contributed by atoms with Crippen LogP contribution in [0.15, 0.2) is 30.7 Å². The van der Waals surface area contributed by atoms with Gasteiger partial charge < -0.3 is 14.8 Å². The van der Waals surface area contributed by atoms with Crippen LogP contribution in [0, 0.1) is 0 Å². The van der Waals surface area contributed by atoms with E-state index in [9.17, 15) is 13.2 Å². The Bertz CT molecular complexity index is 906. The number of aromatic nitrogens is 5. The average molecular weight is 363 g/mol. The number of hydrogen-bond acceptors (Lipinski definition) is 6. The molecule has 0 spiro atoms.